The normalized spacial score (nSPS) is 9.62. The molecular weight excluding hydrogens is 207 g/mol. The second-order valence-electron chi connectivity index (χ2n) is 2.17. The van der Waals surface area contributed by atoms with E-state index in [1.807, 2.05) is 30.3 Å². The summed E-state index contributed by atoms with van der Waals surface area (Å²) in [7, 11) is 0. The van der Waals surface area contributed by atoms with Gasteiger partial charge in [0.25, 0.3) is 0 Å². The van der Waals surface area contributed by atoms with Crippen molar-refractivity contribution >= 4 is 24.8 Å². The molecule has 0 fully saturated rings. The highest BCUT2D eigenvalue weighted by Gasteiger charge is 1.96. The minimum absolute atomic E-state index is 0. The van der Waals surface area contributed by atoms with Crippen LogP contribution in [0.2, 0.25) is 0 Å². The Labute approximate surface area is 91.6 Å². The summed E-state index contributed by atoms with van der Waals surface area (Å²) in [6, 6.07) is 9.87. The third-order valence-corrected chi connectivity index (χ3v) is 1.44. The Morgan fingerprint density at radius 1 is 1.15 bits per heavy atom. The summed E-state index contributed by atoms with van der Waals surface area (Å²) >= 11 is 0. The molecule has 0 aliphatic carbocycles. The summed E-state index contributed by atoms with van der Waals surface area (Å²) in [5.41, 5.74) is 6.79. The molecule has 0 heterocycles. The Morgan fingerprint density at radius 2 is 1.62 bits per heavy atom. The molecule has 13 heavy (non-hydrogen) atoms. The van der Waals surface area contributed by atoms with Crippen molar-refractivity contribution in [3.05, 3.63) is 48.6 Å². The molecule has 0 bridgehead atoms. The van der Waals surface area contributed by atoms with Gasteiger partial charge in [-0.1, -0.05) is 36.4 Å². The van der Waals surface area contributed by atoms with E-state index >= 15 is 0 Å². The van der Waals surface area contributed by atoms with Gasteiger partial charge in [0.15, 0.2) is 0 Å². The molecule has 5 N–H and O–H groups in total. The number of nitrogens with two attached hydrogens (primary N) is 1. The van der Waals surface area contributed by atoms with Crippen LogP contribution in [-0.4, -0.2) is 0 Å². The lowest BCUT2D eigenvalue weighted by Crippen LogP contribution is -2.05. The Kier molecular flexibility index (Phi) is 13.4. The van der Waals surface area contributed by atoms with Crippen molar-refractivity contribution in [2.75, 3.05) is 0 Å². The molecule has 0 saturated carbocycles. The van der Waals surface area contributed by atoms with Gasteiger partial charge in [0, 0.05) is 6.04 Å². The van der Waals surface area contributed by atoms with Crippen molar-refractivity contribution in [2.45, 2.75) is 6.04 Å². The molecule has 1 rings (SSSR count). The minimum atomic E-state index is -0.0267. The van der Waals surface area contributed by atoms with Crippen LogP contribution in [0.1, 0.15) is 11.6 Å². The minimum Gasteiger partial charge on any atom is -0.344 e. The highest BCUT2D eigenvalue weighted by molar-refractivity contribution is 5.85. The standard InChI is InChI=1S/C9H11N.2ClH.H3N/c1-2-9(10)8-6-4-3-5-7-8;;;/h2-7,9H,1,10H2;2*1H;1H3. The summed E-state index contributed by atoms with van der Waals surface area (Å²) in [6.07, 6.45) is 1.73. The van der Waals surface area contributed by atoms with Crippen molar-refractivity contribution < 1.29 is 0 Å². The number of halogens is 2. The number of benzene rings is 1. The molecule has 1 unspecified atom stereocenters. The zero-order chi connectivity index (χ0) is 7.40. The fraction of sp³-hybridized carbons (Fsp3) is 0.111. The van der Waals surface area contributed by atoms with E-state index in [-0.39, 0.29) is 37.0 Å². The zero-order valence-electron chi connectivity index (χ0n) is 7.35. The Bertz CT molecular complexity index is 214. The molecule has 1 atom stereocenters. The summed E-state index contributed by atoms with van der Waals surface area (Å²) in [5.74, 6) is 0. The lowest BCUT2D eigenvalue weighted by Gasteiger charge is -2.03. The van der Waals surface area contributed by atoms with Gasteiger partial charge in [-0.15, -0.1) is 31.4 Å². The van der Waals surface area contributed by atoms with Crippen molar-refractivity contribution in [3.63, 3.8) is 0 Å². The Hall–Kier alpha value is -0.540. The number of hydrogen-bond acceptors (Lipinski definition) is 2. The molecule has 0 saturated heterocycles. The van der Waals surface area contributed by atoms with E-state index in [1.54, 1.807) is 6.08 Å². The van der Waals surface area contributed by atoms with E-state index in [9.17, 15) is 0 Å². The van der Waals surface area contributed by atoms with Crippen molar-refractivity contribution in [2.24, 2.45) is 5.73 Å². The molecule has 0 radical (unpaired) electrons. The quantitative estimate of drug-likeness (QED) is 0.757. The summed E-state index contributed by atoms with van der Waals surface area (Å²) in [5, 5.41) is 0. The molecule has 0 aromatic heterocycles. The summed E-state index contributed by atoms with van der Waals surface area (Å²) in [4.78, 5) is 0. The van der Waals surface area contributed by atoms with E-state index in [4.69, 9.17) is 5.73 Å². The van der Waals surface area contributed by atoms with Gasteiger partial charge in [0.2, 0.25) is 0 Å². The summed E-state index contributed by atoms with van der Waals surface area (Å²) in [6.45, 7) is 3.61. The van der Waals surface area contributed by atoms with E-state index in [2.05, 4.69) is 6.58 Å². The first-order valence-corrected chi connectivity index (χ1v) is 3.27. The van der Waals surface area contributed by atoms with E-state index in [0.29, 0.717) is 0 Å². The van der Waals surface area contributed by atoms with Crippen LogP contribution >= 0.6 is 24.8 Å². The first-order chi connectivity index (χ1) is 4.84. The largest absolute Gasteiger partial charge is 0.344 e. The third kappa shape index (κ3) is 5.66. The van der Waals surface area contributed by atoms with Crippen molar-refractivity contribution in [1.29, 1.82) is 0 Å². The molecule has 2 nitrogen and oxygen atoms in total. The van der Waals surface area contributed by atoms with Crippen LogP contribution in [0.15, 0.2) is 43.0 Å². The topological polar surface area (TPSA) is 61.0 Å². The Morgan fingerprint density at radius 3 is 2.00 bits per heavy atom. The molecule has 0 amide bonds. The average molecular weight is 223 g/mol. The SMILES string of the molecule is C=CC(N)c1ccccc1.Cl.Cl.N. The Balaban J connectivity index is -0.000000333. The molecular formula is C9H16Cl2N2. The first kappa shape index (κ1) is 18.3. The first-order valence-electron chi connectivity index (χ1n) is 3.27. The van der Waals surface area contributed by atoms with E-state index < -0.39 is 0 Å². The highest BCUT2D eigenvalue weighted by Crippen LogP contribution is 2.08. The third-order valence-electron chi connectivity index (χ3n) is 1.44. The smallest absolute Gasteiger partial charge is 0.0478 e. The molecule has 1 aromatic carbocycles. The lowest BCUT2D eigenvalue weighted by molar-refractivity contribution is 0.914. The van der Waals surface area contributed by atoms with Crippen LogP contribution in [0.4, 0.5) is 0 Å². The van der Waals surface area contributed by atoms with Gasteiger partial charge < -0.3 is 11.9 Å². The maximum atomic E-state index is 5.68. The molecule has 1 aromatic rings. The van der Waals surface area contributed by atoms with Gasteiger partial charge in [-0.05, 0) is 5.56 Å². The highest BCUT2D eigenvalue weighted by atomic mass is 35.5. The zero-order valence-corrected chi connectivity index (χ0v) is 8.98. The van der Waals surface area contributed by atoms with Crippen LogP contribution in [0.3, 0.4) is 0 Å². The van der Waals surface area contributed by atoms with Gasteiger partial charge in [0.1, 0.15) is 0 Å². The molecule has 4 heteroatoms. The van der Waals surface area contributed by atoms with Gasteiger partial charge in [-0.3, -0.25) is 0 Å². The average Bonchev–Trinajstić information content (AvgIpc) is 2.05. The van der Waals surface area contributed by atoms with Crippen LogP contribution < -0.4 is 11.9 Å². The van der Waals surface area contributed by atoms with Gasteiger partial charge in [-0.25, -0.2) is 0 Å². The van der Waals surface area contributed by atoms with Crippen molar-refractivity contribution in [3.8, 4) is 0 Å². The van der Waals surface area contributed by atoms with Crippen LogP contribution in [0.5, 0.6) is 0 Å². The summed E-state index contributed by atoms with van der Waals surface area (Å²) < 4.78 is 0. The second kappa shape index (κ2) is 9.55. The van der Waals surface area contributed by atoms with Gasteiger partial charge >= 0.3 is 0 Å². The fourth-order valence-electron chi connectivity index (χ4n) is 0.811. The molecule has 0 aliphatic heterocycles. The van der Waals surface area contributed by atoms with Gasteiger partial charge in [-0.2, -0.15) is 0 Å². The van der Waals surface area contributed by atoms with E-state index in [1.165, 1.54) is 0 Å². The number of hydrogen-bond donors (Lipinski definition) is 2. The maximum absolute atomic E-state index is 5.68. The molecule has 0 spiro atoms. The maximum Gasteiger partial charge on any atom is 0.0478 e. The van der Waals surface area contributed by atoms with Crippen LogP contribution in [0.25, 0.3) is 0 Å². The molecule has 76 valence electrons. The van der Waals surface area contributed by atoms with E-state index in [0.717, 1.165) is 5.56 Å². The second-order valence-corrected chi connectivity index (χ2v) is 2.17. The monoisotopic (exact) mass is 222 g/mol. The fourth-order valence-corrected chi connectivity index (χ4v) is 0.811. The van der Waals surface area contributed by atoms with Crippen LogP contribution in [-0.2, 0) is 0 Å². The lowest BCUT2D eigenvalue weighted by atomic mass is 10.1. The predicted octanol–water partition coefficient (Wildman–Crippen LogP) is 2.88. The van der Waals surface area contributed by atoms with Gasteiger partial charge in [0.05, 0.1) is 0 Å². The van der Waals surface area contributed by atoms with Crippen LogP contribution in [0, 0.1) is 0 Å². The predicted molar refractivity (Wildman–Crippen MR) is 63.1 cm³/mol. The van der Waals surface area contributed by atoms with Crippen molar-refractivity contribution in [1.82, 2.24) is 6.15 Å². The molecule has 0 aliphatic rings. The number of rotatable bonds is 2.